The van der Waals surface area contributed by atoms with Crippen LogP contribution in [-0.4, -0.2) is 47.4 Å². The maximum atomic E-state index is 12.4. The van der Waals surface area contributed by atoms with Crippen LogP contribution in [0.3, 0.4) is 0 Å². The molecule has 0 bridgehead atoms. The zero-order chi connectivity index (χ0) is 18.2. The third-order valence-electron chi connectivity index (χ3n) is 4.54. The molecule has 2 rings (SSSR count). The minimum atomic E-state index is 0.217. The van der Waals surface area contributed by atoms with E-state index >= 15 is 0 Å². The topological polar surface area (TPSA) is 82.8 Å². The van der Waals surface area contributed by atoms with E-state index < -0.39 is 0 Å². The normalized spacial score (nSPS) is 18.3. The molecule has 1 aromatic heterocycles. The van der Waals surface area contributed by atoms with Crippen molar-refractivity contribution < 1.29 is 9.21 Å². The summed E-state index contributed by atoms with van der Waals surface area (Å²) in [4.78, 5) is 23.2. The summed E-state index contributed by atoms with van der Waals surface area (Å²) in [5.74, 6) is 2.32. The lowest BCUT2D eigenvalue weighted by Gasteiger charge is -2.33. The molecule has 1 saturated heterocycles. The second-order valence-corrected chi connectivity index (χ2v) is 6.55. The molecule has 0 spiro atoms. The van der Waals surface area contributed by atoms with E-state index in [1.807, 2.05) is 25.7 Å². The van der Waals surface area contributed by atoms with Gasteiger partial charge in [-0.3, -0.25) is 4.79 Å². The molecule has 1 fully saturated rings. The third-order valence-corrected chi connectivity index (χ3v) is 4.54. The van der Waals surface area contributed by atoms with Crippen LogP contribution in [0.25, 0.3) is 0 Å². The number of nitrogens with zero attached hydrogens (tertiary/aromatic N) is 3. The average molecular weight is 349 g/mol. The summed E-state index contributed by atoms with van der Waals surface area (Å²) in [6, 6.07) is 0.361. The van der Waals surface area contributed by atoms with Gasteiger partial charge in [-0.05, 0) is 47.0 Å². The van der Waals surface area contributed by atoms with Crippen LogP contribution in [0.1, 0.15) is 56.9 Å². The number of aromatic nitrogens is 1. The van der Waals surface area contributed by atoms with Gasteiger partial charge in [0, 0.05) is 32.1 Å². The van der Waals surface area contributed by atoms with Crippen molar-refractivity contribution in [1.29, 1.82) is 0 Å². The van der Waals surface area contributed by atoms with Crippen LogP contribution in [-0.2, 0) is 11.3 Å². The number of amides is 1. The summed E-state index contributed by atoms with van der Waals surface area (Å²) in [6.45, 7) is 10.5. The second kappa shape index (κ2) is 9.44. The highest BCUT2D eigenvalue weighted by Gasteiger charge is 2.22. The summed E-state index contributed by atoms with van der Waals surface area (Å²) in [5.41, 5.74) is 0.893. The fraction of sp³-hybridized carbons (Fsp3) is 0.722. The van der Waals surface area contributed by atoms with E-state index in [1.54, 1.807) is 0 Å². The minimum Gasteiger partial charge on any atom is -0.444 e. The lowest BCUT2D eigenvalue weighted by Crippen LogP contribution is -2.44. The van der Waals surface area contributed by atoms with E-state index in [1.165, 1.54) is 6.42 Å². The van der Waals surface area contributed by atoms with Gasteiger partial charge in [0.2, 0.25) is 11.8 Å². The van der Waals surface area contributed by atoms with Crippen LogP contribution in [0.15, 0.2) is 9.41 Å². The van der Waals surface area contributed by atoms with Gasteiger partial charge in [0.15, 0.2) is 5.96 Å². The van der Waals surface area contributed by atoms with Gasteiger partial charge in [0.25, 0.3) is 0 Å². The lowest BCUT2D eigenvalue weighted by atomic mass is 10.0. The third kappa shape index (κ3) is 5.76. The van der Waals surface area contributed by atoms with Crippen molar-refractivity contribution >= 4 is 11.9 Å². The molecular weight excluding hydrogens is 318 g/mol. The molecule has 1 aliphatic heterocycles. The number of oxazole rings is 1. The maximum Gasteiger partial charge on any atom is 0.224 e. The Bertz CT molecular complexity index is 577. The van der Waals surface area contributed by atoms with E-state index in [2.05, 4.69) is 27.5 Å². The van der Waals surface area contributed by atoms with E-state index in [0.717, 1.165) is 37.4 Å². The Morgan fingerprint density at radius 1 is 1.36 bits per heavy atom. The van der Waals surface area contributed by atoms with Crippen molar-refractivity contribution in [2.75, 3.05) is 19.6 Å². The van der Waals surface area contributed by atoms with Crippen molar-refractivity contribution in [1.82, 2.24) is 20.5 Å². The zero-order valence-electron chi connectivity index (χ0n) is 15.9. The molecule has 1 unspecified atom stereocenters. The molecule has 1 amide bonds. The summed E-state index contributed by atoms with van der Waals surface area (Å²) < 4.78 is 5.54. The second-order valence-electron chi connectivity index (χ2n) is 6.55. The summed E-state index contributed by atoms with van der Waals surface area (Å²) in [7, 11) is 0. The van der Waals surface area contributed by atoms with Gasteiger partial charge in [-0.15, -0.1) is 0 Å². The van der Waals surface area contributed by atoms with Crippen LogP contribution in [0.2, 0.25) is 0 Å². The number of rotatable bonds is 6. The largest absolute Gasteiger partial charge is 0.444 e. The Labute approximate surface area is 150 Å². The first kappa shape index (κ1) is 19.3. The van der Waals surface area contributed by atoms with Crippen LogP contribution in [0.4, 0.5) is 0 Å². The molecule has 0 aromatic carbocycles. The molecule has 0 radical (unpaired) electrons. The highest BCUT2D eigenvalue weighted by atomic mass is 16.4. The van der Waals surface area contributed by atoms with E-state index in [0.29, 0.717) is 37.4 Å². The molecule has 7 nitrogen and oxygen atoms in total. The Hall–Kier alpha value is -2.05. The number of likely N-dealkylation sites (tertiary alicyclic amines) is 1. The van der Waals surface area contributed by atoms with Gasteiger partial charge in [-0.1, -0.05) is 0 Å². The predicted molar refractivity (Wildman–Crippen MR) is 98.4 cm³/mol. The number of hydrogen-bond donors (Lipinski definition) is 2. The first-order valence-corrected chi connectivity index (χ1v) is 9.25. The Balaban J connectivity index is 1.82. The standard InChI is InChI=1S/C18H31N5O2/c1-5-19-18(21-12-16-22-14(3)15(4)25-16)20-10-9-17(24)23-11-7-6-8-13(23)2/h13H,5-12H2,1-4H3,(H2,19,20,21). The van der Waals surface area contributed by atoms with Gasteiger partial charge >= 0.3 is 0 Å². The Morgan fingerprint density at radius 2 is 2.16 bits per heavy atom. The predicted octanol–water partition coefficient (Wildman–Crippen LogP) is 2.14. The first-order chi connectivity index (χ1) is 12.0. The van der Waals surface area contributed by atoms with Crippen LogP contribution in [0.5, 0.6) is 0 Å². The quantitative estimate of drug-likeness (QED) is 0.607. The fourth-order valence-corrected chi connectivity index (χ4v) is 3.00. The van der Waals surface area contributed by atoms with Crippen LogP contribution >= 0.6 is 0 Å². The number of guanidine groups is 1. The molecule has 1 atom stereocenters. The summed E-state index contributed by atoms with van der Waals surface area (Å²) in [5, 5.41) is 6.40. The molecular formula is C18H31N5O2. The van der Waals surface area contributed by atoms with Gasteiger partial charge in [0.1, 0.15) is 12.3 Å². The van der Waals surface area contributed by atoms with Crippen molar-refractivity contribution in [3.8, 4) is 0 Å². The number of nitrogens with one attached hydrogen (secondary N) is 2. The van der Waals surface area contributed by atoms with Crippen LogP contribution < -0.4 is 10.6 Å². The van der Waals surface area contributed by atoms with Gasteiger partial charge < -0.3 is 20.0 Å². The number of hydrogen-bond acceptors (Lipinski definition) is 4. The fourth-order valence-electron chi connectivity index (χ4n) is 3.00. The van der Waals surface area contributed by atoms with Crippen molar-refractivity contribution in [2.24, 2.45) is 4.99 Å². The van der Waals surface area contributed by atoms with E-state index in [4.69, 9.17) is 4.42 Å². The molecule has 1 aliphatic rings. The van der Waals surface area contributed by atoms with E-state index in [9.17, 15) is 4.79 Å². The molecule has 25 heavy (non-hydrogen) atoms. The first-order valence-electron chi connectivity index (χ1n) is 9.25. The molecule has 0 aliphatic carbocycles. The number of aryl methyl sites for hydroxylation is 2. The van der Waals surface area contributed by atoms with Crippen molar-refractivity contribution in [3.63, 3.8) is 0 Å². The van der Waals surface area contributed by atoms with Gasteiger partial charge in [0.05, 0.1) is 5.69 Å². The number of aliphatic imine (C=N–C) groups is 1. The molecule has 2 N–H and O–H groups in total. The Morgan fingerprint density at radius 3 is 2.80 bits per heavy atom. The Kier molecular flexibility index (Phi) is 7.28. The number of piperidine rings is 1. The molecule has 140 valence electrons. The summed E-state index contributed by atoms with van der Waals surface area (Å²) >= 11 is 0. The smallest absolute Gasteiger partial charge is 0.224 e. The number of carbonyl (C=O) groups is 1. The maximum absolute atomic E-state index is 12.4. The molecule has 1 aromatic rings. The van der Waals surface area contributed by atoms with Crippen molar-refractivity contribution in [2.45, 2.75) is 66.0 Å². The SMILES string of the molecule is CCNC(=NCc1nc(C)c(C)o1)NCCC(=O)N1CCCCC1C. The highest BCUT2D eigenvalue weighted by molar-refractivity contribution is 5.81. The van der Waals surface area contributed by atoms with Crippen molar-refractivity contribution in [3.05, 3.63) is 17.3 Å². The monoisotopic (exact) mass is 349 g/mol. The average Bonchev–Trinajstić information content (AvgIpc) is 2.91. The summed E-state index contributed by atoms with van der Waals surface area (Å²) in [6.07, 6.45) is 3.92. The molecule has 0 saturated carbocycles. The van der Waals surface area contributed by atoms with Crippen LogP contribution in [0, 0.1) is 13.8 Å². The van der Waals surface area contributed by atoms with Gasteiger partial charge in [-0.25, -0.2) is 9.98 Å². The number of carbonyl (C=O) groups excluding carboxylic acids is 1. The minimum absolute atomic E-state index is 0.217. The van der Waals surface area contributed by atoms with E-state index in [-0.39, 0.29) is 5.91 Å². The molecule has 7 heteroatoms. The highest BCUT2D eigenvalue weighted by Crippen LogP contribution is 2.17. The lowest BCUT2D eigenvalue weighted by molar-refractivity contribution is -0.134. The van der Waals surface area contributed by atoms with Gasteiger partial charge in [-0.2, -0.15) is 0 Å². The molecule has 2 heterocycles. The zero-order valence-corrected chi connectivity index (χ0v) is 15.9.